The minimum Gasteiger partial charge on any atom is -0.417 e. The summed E-state index contributed by atoms with van der Waals surface area (Å²) in [4.78, 5) is 20.7. The quantitative estimate of drug-likeness (QED) is 0.0203. The van der Waals surface area contributed by atoms with Gasteiger partial charge in [-0.25, -0.2) is 0 Å². The lowest BCUT2D eigenvalue weighted by Gasteiger charge is -2.29. The molecule has 0 aliphatic heterocycles. The van der Waals surface area contributed by atoms with Crippen LogP contribution < -0.4 is 4.90 Å². The number of benzene rings is 5. The van der Waals surface area contributed by atoms with Crippen molar-refractivity contribution in [3.05, 3.63) is 174 Å². The first-order valence-corrected chi connectivity index (χ1v) is 37.4. The van der Waals surface area contributed by atoms with Gasteiger partial charge in [-0.2, -0.15) is 5.26 Å². The number of rotatable bonds is 29. The van der Waals surface area contributed by atoms with E-state index in [1.54, 1.807) is 16.9 Å². The molecule has 5 aromatic heterocycles. The SMILES string of the molecule is CCCCCCc1c(/C=C(/C#N)OC=O)sc2c(CCCCCC)c(/C=C/c3sc4c(CCCCCC)c(-c5cc6ccc(N(c7ccc8c(c7)C(C)(C)c7ccccc7-8)c7ccc8c(c7)C(C)(C)c7ccccc7-8)cc6s5)sc4c3CCCCCC)sc12. The predicted molar refractivity (Wildman–Crippen MR) is 391 cm³/mol. The van der Waals surface area contributed by atoms with Crippen molar-refractivity contribution >= 4 is 127 Å². The van der Waals surface area contributed by atoms with Crippen molar-refractivity contribution in [1.29, 1.82) is 5.26 Å². The lowest BCUT2D eigenvalue weighted by atomic mass is 9.82. The van der Waals surface area contributed by atoms with E-state index in [0.29, 0.717) is 6.47 Å². The van der Waals surface area contributed by atoms with Crippen LogP contribution in [0.2, 0.25) is 0 Å². The maximum absolute atomic E-state index is 11.4. The van der Waals surface area contributed by atoms with Crippen LogP contribution in [0.5, 0.6) is 0 Å². The molecule has 0 saturated heterocycles. The number of hydrogen-bond acceptors (Lipinski definition) is 9. The predicted octanol–water partition coefficient (Wildman–Crippen LogP) is 25.9. The van der Waals surface area contributed by atoms with Crippen molar-refractivity contribution in [3.8, 4) is 38.1 Å². The van der Waals surface area contributed by atoms with E-state index in [-0.39, 0.29) is 16.6 Å². The molecule has 5 aromatic carbocycles. The zero-order valence-corrected chi connectivity index (χ0v) is 57.7. The maximum atomic E-state index is 11.4. The van der Waals surface area contributed by atoms with Gasteiger partial charge in [0.1, 0.15) is 6.07 Å². The summed E-state index contributed by atoms with van der Waals surface area (Å²) in [5.74, 6) is 0.0543. The van der Waals surface area contributed by atoms with Gasteiger partial charge in [0.15, 0.2) is 0 Å². The Balaban J connectivity index is 0.955. The van der Waals surface area contributed by atoms with Gasteiger partial charge in [0, 0.05) is 81.9 Å². The van der Waals surface area contributed by atoms with Crippen molar-refractivity contribution in [2.75, 3.05) is 4.90 Å². The molecule has 2 aliphatic carbocycles. The first kappa shape index (κ1) is 62.8. The van der Waals surface area contributed by atoms with Crippen LogP contribution in [0, 0.1) is 11.3 Å². The molecule has 5 heterocycles. The number of anilines is 3. The van der Waals surface area contributed by atoms with Gasteiger partial charge in [0.2, 0.25) is 5.76 Å². The molecule has 2 aliphatic rings. The van der Waals surface area contributed by atoms with Crippen molar-refractivity contribution in [1.82, 2.24) is 0 Å². The Morgan fingerprint density at radius 1 is 0.472 bits per heavy atom. The summed E-state index contributed by atoms with van der Waals surface area (Å²) >= 11 is 9.83. The second kappa shape index (κ2) is 27.6. The summed E-state index contributed by atoms with van der Waals surface area (Å²) in [5, 5.41) is 11.2. The van der Waals surface area contributed by atoms with Crippen LogP contribution >= 0.6 is 56.7 Å². The molecule has 0 atom stereocenters. The summed E-state index contributed by atoms with van der Waals surface area (Å²) in [7, 11) is 0. The number of nitriles is 1. The van der Waals surface area contributed by atoms with Gasteiger partial charge in [-0.15, -0.1) is 56.7 Å². The van der Waals surface area contributed by atoms with E-state index >= 15 is 0 Å². The number of unbranched alkanes of at least 4 members (excludes halogenated alkanes) is 12. The zero-order chi connectivity index (χ0) is 61.8. The van der Waals surface area contributed by atoms with Crippen LogP contribution in [0.4, 0.5) is 17.1 Å². The third-order valence-electron chi connectivity index (χ3n) is 19.2. The first-order chi connectivity index (χ1) is 43.4. The maximum Gasteiger partial charge on any atom is 0.299 e. The van der Waals surface area contributed by atoms with Gasteiger partial charge in [0.05, 0.1) is 0 Å². The Bertz CT molecular complexity index is 4200. The Hall–Kier alpha value is -6.38. The van der Waals surface area contributed by atoms with Crippen LogP contribution in [0.25, 0.3) is 79.1 Å². The molecule has 0 N–H and O–H groups in total. The average molecular weight is 1270 g/mol. The number of aryl methyl sites for hydroxylation is 4. The Morgan fingerprint density at radius 2 is 0.899 bits per heavy atom. The minimum atomic E-state index is -0.128. The molecular formula is C80H86N2O2S5. The number of fused-ring (bicyclic) bond motifs is 9. The lowest BCUT2D eigenvalue weighted by molar-refractivity contribution is -0.124. The molecule has 0 fully saturated rings. The fraction of sp³-hybridized carbons (Fsp3) is 0.375. The van der Waals surface area contributed by atoms with E-state index in [2.05, 4.69) is 210 Å². The number of allylic oxidation sites excluding steroid dienone is 1. The third kappa shape index (κ3) is 12.4. The minimum absolute atomic E-state index is 0.0543. The monoisotopic (exact) mass is 1270 g/mol. The second-order valence-electron chi connectivity index (χ2n) is 25.9. The summed E-state index contributed by atoms with van der Waals surface area (Å²) in [5.41, 5.74) is 20.0. The van der Waals surface area contributed by atoms with Crippen LogP contribution in [0.1, 0.15) is 217 Å². The smallest absolute Gasteiger partial charge is 0.299 e. The van der Waals surface area contributed by atoms with Crippen molar-refractivity contribution in [3.63, 3.8) is 0 Å². The van der Waals surface area contributed by atoms with Gasteiger partial charge in [-0.3, -0.25) is 4.79 Å². The average Bonchev–Trinajstić information content (AvgIpc) is 1.68. The summed E-state index contributed by atoms with van der Waals surface area (Å²) in [6.07, 6.45) is 30.2. The lowest BCUT2D eigenvalue weighted by Crippen LogP contribution is -2.18. The topological polar surface area (TPSA) is 53.3 Å². The van der Waals surface area contributed by atoms with Gasteiger partial charge < -0.3 is 9.64 Å². The molecule has 4 nitrogen and oxygen atoms in total. The van der Waals surface area contributed by atoms with Crippen molar-refractivity contribution in [2.24, 2.45) is 0 Å². The molecule has 0 radical (unpaired) electrons. The van der Waals surface area contributed by atoms with E-state index in [9.17, 15) is 10.1 Å². The van der Waals surface area contributed by atoms with Gasteiger partial charge in [-0.05, 0) is 178 Å². The normalized spacial score (nSPS) is 13.9. The molecule has 9 heteroatoms. The summed E-state index contributed by atoms with van der Waals surface area (Å²) in [6, 6.07) is 44.3. The van der Waals surface area contributed by atoms with Crippen LogP contribution in [-0.4, -0.2) is 6.47 Å². The molecule has 0 spiro atoms. The van der Waals surface area contributed by atoms with Gasteiger partial charge >= 0.3 is 0 Å². The fourth-order valence-corrected chi connectivity index (χ4v) is 21.4. The number of hydrogen-bond donors (Lipinski definition) is 0. The number of ether oxygens (including phenoxy) is 1. The molecule has 10 aromatic rings. The number of thiophene rings is 5. The second-order valence-corrected chi connectivity index (χ2v) is 31.2. The molecule has 458 valence electrons. The van der Waals surface area contributed by atoms with E-state index in [0.717, 1.165) is 43.4 Å². The first-order valence-electron chi connectivity index (χ1n) is 33.3. The van der Waals surface area contributed by atoms with Crippen LogP contribution in [0.3, 0.4) is 0 Å². The number of nitrogens with zero attached hydrogens (tertiary/aromatic N) is 2. The van der Waals surface area contributed by atoms with E-state index in [1.165, 1.54) is 217 Å². The van der Waals surface area contributed by atoms with Crippen LogP contribution in [0.15, 0.2) is 115 Å². The van der Waals surface area contributed by atoms with Crippen LogP contribution in [-0.2, 0) is 46.0 Å². The van der Waals surface area contributed by atoms with E-state index < -0.39 is 0 Å². The Labute approximate surface area is 549 Å². The van der Waals surface area contributed by atoms with Gasteiger partial charge in [-0.1, -0.05) is 199 Å². The molecular weight excluding hydrogens is 1180 g/mol. The molecule has 0 amide bonds. The van der Waals surface area contributed by atoms with Gasteiger partial charge in [0.25, 0.3) is 6.47 Å². The highest BCUT2D eigenvalue weighted by molar-refractivity contribution is 7.33. The molecule has 0 unspecified atom stereocenters. The summed E-state index contributed by atoms with van der Waals surface area (Å²) < 4.78 is 12.2. The zero-order valence-electron chi connectivity index (χ0n) is 53.6. The highest BCUT2D eigenvalue weighted by Gasteiger charge is 2.38. The summed E-state index contributed by atoms with van der Waals surface area (Å²) in [6.45, 7) is 19.1. The van der Waals surface area contributed by atoms with Crippen molar-refractivity contribution in [2.45, 2.75) is 195 Å². The van der Waals surface area contributed by atoms with E-state index in [4.69, 9.17) is 4.74 Å². The van der Waals surface area contributed by atoms with E-state index in [1.807, 2.05) is 28.7 Å². The Kier molecular flexibility index (Phi) is 19.5. The highest BCUT2D eigenvalue weighted by atomic mass is 32.1. The van der Waals surface area contributed by atoms with Crippen molar-refractivity contribution < 1.29 is 9.53 Å². The number of carbonyl (C=O) groups is 1. The third-order valence-corrected chi connectivity index (χ3v) is 25.8. The molecule has 89 heavy (non-hydrogen) atoms. The molecule has 12 rings (SSSR count). The molecule has 0 bridgehead atoms. The number of carbonyl (C=O) groups excluding carboxylic acids is 1. The fourth-order valence-electron chi connectivity index (χ4n) is 14.3. The molecule has 0 saturated carbocycles. The highest BCUT2D eigenvalue weighted by Crippen LogP contribution is 2.55. The Morgan fingerprint density at radius 3 is 1.39 bits per heavy atom. The standard InChI is InChI=1S/C80H86N2O2S5/c1-9-13-17-21-31-61-69(86-76-63(33-23-19-15-11-3)72(88-75(61)76)49-56(50-81)84-51-83)43-44-70-62(32-22-18-14-10-2)77-78(87-70)64(34-24-20-16-12-4)74(89-77)73-45-52-37-38-55(48-71(52)85-73)82(53-39-41-59-57-29-25-27-35-65(57)79(5,6)67(59)46-53)54-40-42-60-58-30-26-28-36-66(58)80(7,8)68(60)47-54/h25-30,35-49,51H,9-24,31-34H2,1-8H3/b44-43+,56-49-. The largest absolute Gasteiger partial charge is 0.417 e.